The zero-order valence-electron chi connectivity index (χ0n) is 18.0. The van der Waals surface area contributed by atoms with E-state index < -0.39 is 5.97 Å². The van der Waals surface area contributed by atoms with E-state index in [1.165, 1.54) is 18.3 Å². The highest BCUT2D eigenvalue weighted by Gasteiger charge is 2.31. The first-order chi connectivity index (χ1) is 16.5. The lowest BCUT2D eigenvalue weighted by Crippen LogP contribution is -2.20. The molecule has 0 saturated carbocycles. The van der Waals surface area contributed by atoms with Crippen LogP contribution in [0.1, 0.15) is 39.6 Å². The zero-order valence-corrected chi connectivity index (χ0v) is 19.6. The van der Waals surface area contributed by atoms with Crippen molar-refractivity contribution in [1.82, 2.24) is 15.0 Å². The maximum Gasteiger partial charge on any atom is 0.335 e. The third-order valence-corrected chi connectivity index (χ3v) is 6.16. The van der Waals surface area contributed by atoms with Gasteiger partial charge in [0, 0.05) is 35.8 Å². The summed E-state index contributed by atoms with van der Waals surface area (Å²) >= 11 is 10.4. The molecule has 1 unspecified atom stereocenters. The van der Waals surface area contributed by atoms with Crippen LogP contribution in [-0.4, -0.2) is 37.5 Å². The lowest BCUT2D eigenvalue weighted by Gasteiger charge is -2.23. The van der Waals surface area contributed by atoms with E-state index in [0.29, 0.717) is 23.0 Å². The predicted octanol–water partition coefficient (Wildman–Crippen LogP) is 5.20. The quantitative estimate of drug-likeness (QED) is 0.361. The van der Waals surface area contributed by atoms with Crippen LogP contribution < -0.4 is 5.01 Å². The SMILES string of the molecule is O=C(O)c1ccnc(N2N=C(c3ccc4nc(CCS)cnc4c3)CC2c2ccc(Cl)cc2)c1. The molecule has 34 heavy (non-hydrogen) atoms. The van der Waals surface area contributed by atoms with Gasteiger partial charge in [0.15, 0.2) is 0 Å². The van der Waals surface area contributed by atoms with Gasteiger partial charge in [-0.15, -0.1) is 0 Å². The van der Waals surface area contributed by atoms with E-state index >= 15 is 0 Å². The Kier molecular flexibility index (Phi) is 6.17. The second-order valence-electron chi connectivity index (χ2n) is 7.91. The van der Waals surface area contributed by atoms with Gasteiger partial charge in [0.1, 0.15) is 5.82 Å². The number of nitrogens with zero attached hydrogens (tertiary/aromatic N) is 5. The Balaban J connectivity index is 1.55. The minimum atomic E-state index is -1.01. The summed E-state index contributed by atoms with van der Waals surface area (Å²) in [5, 5.41) is 16.7. The molecule has 4 aromatic rings. The van der Waals surface area contributed by atoms with Gasteiger partial charge in [-0.25, -0.2) is 19.8 Å². The molecule has 1 atom stereocenters. The number of benzene rings is 2. The van der Waals surface area contributed by atoms with Gasteiger partial charge in [-0.2, -0.15) is 17.7 Å². The molecule has 2 aromatic carbocycles. The van der Waals surface area contributed by atoms with Crippen molar-refractivity contribution < 1.29 is 9.90 Å². The number of hydrogen-bond donors (Lipinski definition) is 2. The number of hydrogen-bond acceptors (Lipinski definition) is 7. The number of fused-ring (bicyclic) bond motifs is 1. The van der Waals surface area contributed by atoms with Gasteiger partial charge in [0.05, 0.1) is 34.0 Å². The van der Waals surface area contributed by atoms with Crippen molar-refractivity contribution in [3.05, 3.63) is 94.4 Å². The number of carbonyl (C=O) groups is 1. The van der Waals surface area contributed by atoms with E-state index in [1.54, 1.807) is 11.2 Å². The number of halogens is 1. The molecule has 1 N–H and O–H groups in total. The molecule has 5 rings (SSSR count). The van der Waals surface area contributed by atoms with Crippen LogP contribution in [0.3, 0.4) is 0 Å². The minimum absolute atomic E-state index is 0.154. The average molecular weight is 490 g/mol. The standard InChI is InChI=1S/C25H20ClN5O2S/c26-18-4-1-15(2-5-18)23-13-21(30-31(23)24-12-17(25(32)33)7-9-27-24)16-3-6-20-22(11-16)28-14-19(29-20)8-10-34/h1-7,9,11-12,14,23,34H,8,10,13H2,(H,32,33). The monoisotopic (exact) mass is 489 g/mol. The molecule has 0 aliphatic carbocycles. The number of rotatable bonds is 6. The van der Waals surface area contributed by atoms with Crippen LogP contribution in [0.4, 0.5) is 5.82 Å². The molecule has 1 aliphatic heterocycles. The van der Waals surface area contributed by atoms with E-state index in [-0.39, 0.29) is 11.6 Å². The van der Waals surface area contributed by atoms with Gasteiger partial charge in [-0.1, -0.05) is 29.8 Å². The van der Waals surface area contributed by atoms with Crippen LogP contribution in [-0.2, 0) is 6.42 Å². The van der Waals surface area contributed by atoms with Crippen molar-refractivity contribution in [3.8, 4) is 0 Å². The molecule has 7 nitrogen and oxygen atoms in total. The fourth-order valence-corrected chi connectivity index (χ4v) is 4.34. The Bertz CT molecular complexity index is 1410. The third kappa shape index (κ3) is 4.47. The number of aromatic carboxylic acids is 1. The second kappa shape index (κ2) is 9.40. The van der Waals surface area contributed by atoms with Gasteiger partial charge in [-0.05, 0) is 47.7 Å². The Morgan fingerprint density at radius 1 is 1.09 bits per heavy atom. The summed E-state index contributed by atoms with van der Waals surface area (Å²) in [6, 6.07) is 16.3. The van der Waals surface area contributed by atoms with Gasteiger partial charge in [0.2, 0.25) is 0 Å². The van der Waals surface area contributed by atoms with Crippen molar-refractivity contribution in [3.63, 3.8) is 0 Å². The van der Waals surface area contributed by atoms with E-state index in [2.05, 4.69) is 27.6 Å². The molecule has 0 radical (unpaired) electrons. The van der Waals surface area contributed by atoms with Crippen molar-refractivity contribution in [2.45, 2.75) is 18.9 Å². The number of carboxylic acids is 1. The minimum Gasteiger partial charge on any atom is -0.478 e. The molecule has 1 aliphatic rings. The Labute approximate surface area is 206 Å². The van der Waals surface area contributed by atoms with Crippen LogP contribution in [0.5, 0.6) is 0 Å². The molecule has 0 amide bonds. The molecule has 0 spiro atoms. The smallest absolute Gasteiger partial charge is 0.335 e. The molecular weight excluding hydrogens is 470 g/mol. The lowest BCUT2D eigenvalue weighted by molar-refractivity contribution is 0.0696. The van der Waals surface area contributed by atoms with E-state index in [4.69, 9.17) is 16.7 Å². The second-order valence-corrected chi connectivity index (χ2v) is 8.79. The first-order valence-electron chi connectivity index (χ1n) is 10.7. The van der Waals surface area contributed by atoms with Crippen LogP contribution in [0.2, 0.25) is 5.02 Å². The highest BCUT2D eigenvalue weighted by Crippen LogP contribution is 2.36. The van der Waals surface area contributed by atoms with Crippen LogP contribution in [0, 0.1) is 0 Å². The summed E-state index contributed by atoms with van der Waals surface area (Å²) in [5.74, 6) is 0.168. The topological polar surface area (TPSA) is 91.6 Å². The molecular formula is C25H20ClN5O2S. The molecule has 3 heterocycles. The highest BCUT2D eigenvalue weighted by atomic mass is 35.5. The van der Waals surface area contributed by atoms with Gasteiger partial charge >= 0.3 is 5.97 Å². The van der Waals surface area contributed by atoms with Crippen LogP contribution >= 0.6 is 24.2 Å². The summed E-state index contributed by atoms with van der Waals surface area (Å²) < 4.78 is 0. The summed E-state index contributed by atoms with van der Waals surface area (Å²) in [7, 11) is 0. The van der Waals surface area contributed by atoms with Crippen LogP contribution in [0.15, 0.2) is 72.1 Å². The maximum absolute atomic E-state index is 11.5. The first-order valence-corrected chi connectivity index (χ1v) is 11.7. The van der Waals surface area contributed by atoms with E-state index in [0.717, 1.165) is 40.0 Å². The molecule has 0 bridgehead atoms. The van der Waals surface area contributed by atoms with Gasteiger partial charge in [0.25, 0.3) is 0 Å². The predicted molar refractivity (Wildman–Crippen MR) is 136 cm³/mol. The van der Waals surface area contributed by atoms with E-state index in [1.807, 2.05) is 42.5 Å². The average Bonchev–Trinajstić information content (AvgIpc) is 3.30. The summed E-state index contributed by atoms with van der Waals surface area (Å²) in [6.45, 7) is 0. The molecule has 0 fully saturated rings. The highest BCUT2D eigenvalue weighted by molar-refractivity contribution is 7.80. The number of anilines is 1. The third-order valence-electron chi connectivity index (χ3n) is 5.69. The maximum atomic E-state index is 11.5. The largest absolute Gasteiger partial charge is 0.478 e. The molecule has 0 saturated heterocycles. The van der Waals surface area contributed by atoms with Crippen molar-refractivity contribution >= 4 is 52.8 Å². The number of pyridine rings is 1. The Morgan fingerprint density at radius 2 is 1.91 bits per heavy atom. The molecule has 170 valence electrons. The molecule has 2 aromatic heterocycles. The number of aryl methyl sites for hydroxylation is 1. The number of hydrazone groups is 1. The first kappa shape index (κ1) is 22.3. The zero-order chi connectivity index (χ0) is 23.7. The Morgan fingerprint density at radius 3 is 2.68 bits per heavy atom. The fourth-order valence-electron chi connectivity index (χ4n) is 3.98. The van der Waals surface area contributed by atoms with Crippen molar-refractivity contribution in [2.75, 3.05) is 10.8 Å². The van der Waals surface area contributed by atoms with Crippen LogP contribution in [0.25, 0.3) is 11.0 Å². The number of aromatic nitrogens is 3. The van der Waals surface area contributed by atoms with Gasteiger partial charge < -0.3 is 5.11 Å². The summed E-state index contributed by atoms with van der Waals surface area (Å²) in [6.07, 6.45) is 4.64. The van der Waals surface area contributed by atoms with Crippen molar-refractivity contribution in [2.24, 2.45) is 5.10 Å². The molecule has 9 heteroatoms. The normalized spacial score (nSPS) is 15.5. The Hall–Kier alpha value is -3.49. The summed E-state index contributed by atoms with van der Waals surface area (Å²) in [5.41, 5.74) is 5.46. The number of carboxylic acid groups (broad SMARTS) is 1. The lowest BCUT2D eigenvalue weighted by atomic mass is 9.98. The summed E-state index contributed by atoms with van der Waals surface area (Å²) in [4.78, 5) is 25.1. The van der Waals surface area contributed by atoms with Crippen molar-refractivity contribution in [1.29, 1.82) is 0 Å². The fraction of sp³-hybridized carbons (Fsp3) is 0.160. The van der Waals surface area contributed by atoms with E-state index in [9.17, 15) is 9.90 Å². The van der Waals surface area contributed by atoms with Gasteiger partial charge in [-0.3, -0.25) is 4.98 Å². The number of thiol groups is 1.